The molecule has 27 heavy (non-hydrogen) atoms. The maximum atomic E-state index is 14.4. The maximum absolute atomic E-state index is 14.4. The molecule has 4 aromatic rings. The van der Waals surface area contributed by atoms with Gasteiger partial charge in [-0.1, -0.05) is 60.2 Å². The Bertz CT molecular complexity index is 1190. The van der Waals surface area contributed by atoms with E-state index in [0.717, 1.165) is 22.4 Å². The number of aromatic nitrogens is 1. The third kappa shape index (κ3) is 3.17. The van der Waals surface area contributed by atoms with Crippen molar-refractivity contribution in [3.63, 3.8) is 0 Å². The van der Waals surface area contributed by atoms with Crippen LogP contribution in [0.15, 0.2) is 77.6 Å². The average molecular weight is 357 g/mol. The molecule has 1 aromatic heterocycles. The topological polar surface area (TPSA) is 22.0 Å². The first kappa shape index (κ1) is 17.2. The molecule has 2 nitrogen and oxygen atoms in total. The Morgan fingerprint density at radius 2 is 1.63 bits per heavy atom. The fourth-order valence-corrected chi connectivity index (χ4v) is 3.54. The Labute approximate surface area is 157 Å². The number of benzene rings is 3. The van der Waals surface area contributed by atoms with Gasteiger partial charge in [-0.25, -0.2) is 4.39 Å². The van der Waals surface area contributed by atoms with Crippen molar-refractivity contribution in [2.24, 2.45) is 0 Å². The zero-order chi connectivity index (χ0) is 19.0. The SMILES string of the molecule is Cc1ccc(Cn2c(-c3ccccc3)cc3c(F)cccc3c2=O)c(C)c1. The Kier molecular flexibility index (Phi) is 4.36. The number of rotatable bonds is 3. The van der Waals surface area contributed by atoms with Crippen LogP contribution in [0.25, 0.3) is 22.0 Å². The van der Waals surface area contributed by atoms with E-state index in [1.165, 1.54) is 11.6 Å². The second kappa shape index (κ2) is 6.84. The number of fused-ring (bicyclic) bond motifs is 1. The van der Waals surface area contributed by atoms with Crippen molar-refractivity contribution in [3.8, 4) is 11.3 Å². The van der Waals surface area contributed by atoms with Crippen molar-refractivity contribution < 1.29 is 4.39 Å². The molecule has 4 rings (SSSR count). The molecule has 0 fully saturated rings. The lowest BCUT2D eigenvalue weighted by atomic mass is 10.0. The van der Waals surface area contributed by atoms with Gasteiger partial charge in [0.15, 0.2) is 0 Å². The third-order valence-corrected chi connectivity index (χ3v) is 5.00. The first-order chi connectivity index (χ1) is 13.0. The number of hydrogen-bond donors (Lipinski definition) is 0. The summed E-state index contributed by atoms with van der Waals surface area (Å²) in [5.74, 6) is -0.375. The van der Waals surface area contributed by atoms with Gasteiger partial charge in [0, 0.05) is 5.39 Å². The van der Waals surface area contributed by atoms with E-state index >= 15 is 0 Å². The van der Waals surface area contributed by atoms with Crippen LogP contribution >= 0.6 is 0 Å². The first-order valence-electron chi connectivity index (χ1n) is 8.98. The molecule has 1 heterocycles. The number of hydrogen-bond acceptors (Lipinski definition) is 1. The molecule has 0 N–H and O–H groups in total. The lowest BCUT2D eigenvalue weighted by Gasteiger charge is -2.17. The summed E-state index contributed by atoms with van der Waals surface area (Å²) in [5.41, 5.74) is 4.84. The van der Waals surface area contributed by atoms with Crippen molar-refractivity contribution >= 4 is 10.8 Å². The largest absolute Gasteiger partial charge is 0.303 e. The van der Waals surface area contributed by atoms with Crippen LogP contribution in [0.1, 0.15) is 16.7 Å². The van der Waals surface area contributed by atoms with Crippen LogP contribution in [-0.2, 0) is 6.54 Å². The Morgan fingerprint density at radius 1 is 0.852 bits per heavy atom. The van der Waals surface area contributed by atoms with Gasteiger partial charge in [0.1, 0.15) is 5.82 Å². The summed E-state index contributed by atoms with van der Waals surface area (Å²) >= 11 is 0. The average Bonchev–Trinajstić information content (AvgIpc) is 2.67. The molecular formula is C24H20FNO. The summed E-state index contributed by atoms with van der Waals surface area (Å²) < 4.78 is 16.1. The highest BCUT2D eigenvalue weighted by atomic mass is 19.1. The number of pyridine rings is 1. The molecule has 0 aliphatic heterocycles. The molecule has 0 aliphatic rings. The van der Waals surface area contributed by atoms with Gasteiger partial charge in [0.25, 0.3) is 5.56 Å². The highest BCUT2D eigenvalue weighted by molar-refractivity contribution is 5.86. The second-order valence-corrected chi connectivity index (χ2v) is 6.92. The van der Waals surface area contributed by atoms with Crippen molar-refractivity contribution in [1.82, 2.24) is 4.57 Å². The summed E-state index contributed by atoms with van der Waals surface area (Å²) in [5, 5.41) is 0.762. The normalized spacial score (nSPS) is 11.1. The first-order valence-corrected chi connectivity index (χ1v) is 8.98. The predicted octanol–water partition coefficient (Wildman–Crippen LogP) is 5.47. The van der Waals surface area contributed by atoms with Crippen LogP contribution in [0.5, 0.6) is 0 Å². The fourth-order valence-electron chi connectivity index (χ4n) is 3.54. The van der Waals surface area contributed by atoms with Gasteiger partial charge in [-0.2, -0.15) is 0 Å². The molecule has 0 atom stereocenters. The number of nitrogens with zero attached hydrogens (tertiary/aromatic N) is 1. The summed E-state index contributed by atoms with van der Waals surface area (Å²) in [6.07, 6.45) is 0. The molecule has 0 spiro atoms. The minimum absolute atomic E-state index is 0.175. The lowest BCUT2D eigenvalue weighted by molar-refractivity contribution is 0.639. The van der Waals surface area contributed by atoms with E-state index < -0.39 is 0 Å². The van der Waals surface area contributed by atoms with Crippen LogP contribution in [-0.4, -0.2) is 4.57 Å². The third-order valence-electron chi connectivity index (χ3n) is 5.00. The maximum Gasteiger partial charge on any atom is 0.259 e. The van der Waals surface area contributed by atoms with Crippen LogP contribution in [0.3, 0.4) is 0 Å². The summed E-state index contributed by atoms with van der Waals surface area (Å²) in [6, 6.07) is 22.3. The molecule has 0 bridgehead atoms. The lowest BCUT2D eigenvalue weighted by Crippen LogP contribution is -2.23. The highest BCUT2D eigenvalue weighted by Crippen LogP contribution is 2.25. The molecule has 0 unspecified atom stereocenters. The summed E-state index contributed by atoms with van der Waals surface area (Å²) in [4.78, 5) is 13.3. The number of aryl methyl sites for hydroxylation is 2. The van der Waals surface area contributed by atoms with E-state index in [1.807, 2.05) is 30.3 Å². The molecule has 3 heteroatoms. The zero-order valence-electron chi connectivity index (χ0n) is 15.4. The minimum Gasteiger partial charge on any atom is -0.303 e. The van der Waals surface area contributed by atoms with E-state index in [2.05, 4.69) is 32.0 Å². The van der Waals surface area contributed by atoms with Gasteiger partial charge >= 0.3 is 0 Å². The molecule has 0 amide bonds. The molecule has 134 valence electrons. The van der Waals surface area contributed by atoms with Crippen LogP contribution < -0.4 is 5.56 Å². The van der Waals surface area contributed by atoms with Gasteiger partial charge in [-0.15, -0.1) is 0 Å². The van der Waals surface area contributed by atoms with Crippen molar-refractivity contribution in [2.45, 2.75) is 20.4 Å². The second-order valence-electron chi connectivity index (χ2n) is 6.92. The van der Waals surface area contributed by atoms with E-state index in [9.17, 15) is 9.18 Å². The smallest absolute Gasteiger partial charge is 0.259 e. The molecule has 0 aliphatic carbocycles. The monoisotopic (exact) mass is 357 g/mol. The predicted molar refractivity (Wildman–Crippen MR) is 109 cm³/mol. The van der Waals surface area contributed by atoms with E-state index in [4.69, 9.17) is 0 Å². The van der Waals surface area contributed by atoms with Crippen molar-refractivity contribution in [3.05, 3.63) is 106 Å². The van der Waals surface area contributed by atoms with Crippen molar-refractivity contribution in [1.29, 1.82) is 0 Å². The van der Waals surface area contributed by atoms with E-state index in [1.54, 1.807) is 22.8 Å². The molecule has 0 saturated heterocycles. The van der Waals surface area contributed by atoms with Gasteiger partial charge in [-0.05, 0) is 48.7 Å². The summed E-state index contributed by atoms with van der Waals surface area (Å²) in [7, 11) is 0. The van der Waals surface area contributed by atoms with Gasteiger partial charge in [0.05, 0.1) is 17.6 Å². The summed E-state index contributed by atoms with van der Waals surface area (Å²) in [6.45, 7) is 4.55. The van der Waals surface area contributed by atoms with Crippen LogP contribution in [0.4, 0.5) is 4.39 Å². The fraction of sp³-hybridized carbons (Fsp3) is 0.125. The van der Waals surface area contributed by atoms with Crippen LogP contribution in [0, 0.1) is 19.7 Å². The molecule has 0 saturated carbocycles. The number of halogens is 1. The van der Waals surface area contributed by atoms with Gasteiger partial charge in [0.2, 0.25) is 0 Å². The van der Waals surface area contributed by atoms with E-state index in [0.29, 0.717) is 17.3 Å². The van der Waals surface area contributed by atoms with E-state index in [-0.39, 0.29) is 11.4 Å². The standard InChI is InChI=1S/C24H20FNO/c1-16-11-12-19(17(2)13-16)15-26-23(18-7-4-3-5-8-18)14-21-20(24(26)27)9-6-10-22(21)25/h3-14H,15H2,1-2H3. The molecule has 0 radical (unpaired) electrons. The minimum atomic E-state index is -0.375. The molecular weight excluding hydrogens is 337 g/mol. The van der Waals surface area contributed by atoms with Gasteiger partial charge in [-0.3, -0.25) is 4.79 Å². The van der Waals surface area contributed by atoms with Gasteiger partial charge < -0.3 is 4.57 Å². The Morgan fingerprint density at radius 3 is 2.37 bits per heavy atom. The Balaban J connectivity index is 2.00. The van der Waals surface area contributed by atoms with Crippen molar-refractivity contribution in [2.75, 3.05) is 0 Å². The highest BCUT2D eigenvalue weighted by Gasteiger charge is 2.14. The van der Waals surface area contributed by atoms with Crippen LogP contribution in [0.2, 0.25) is 0 Å². The Hall–Kier alpha value is -3.20. The quantitative estimate of drug-likeness (QED) is 0.476. The molecule has 3 aromatic carbocycles. The zero-order valence-corrected chi connectivity index (χ0v) is 15.4.